The minimum atomic E-state index is 0.364. The predicted molar refractivity (Wildman–Crippen MR) is 77.8 cm³/mol. The maximum absolute atomic E-state index is 12.4. The van der Waals surface area contributed by atoms with E-state index in [9.17, 15) is 4.79 Å². The zero-order valence-corrected chi connectivity index (χ0v) is 12.5. The van der Waals surface area contributed by atoms with Crippen molar-refractivity contribution in [3.05, 3.63) is 0 Å². The third-order valence-electron chi connectivity index (χ3n) is 4.88. The Labute approximate surface area is 117 Å². The van der Waals surface area contributed by atoms with Crippen LogP contribution in [0.3, 0.4) is 0 Å². The number of hydrogen-bond acceptors (Lipinski definition) is 3. The van der Waals surface area contributed by atoms with Crippen LogP contribution in [0.5, 0.6) is 0 Å². The van der Waals surface area contributed by atoms with Gasteiger partial charge >= 0.3 is 0 Å². The summed E-state index contributed by atoms with van der Waals surface area (Å²) in [6.45, 7) is 8.34. The summed E-state index contributed by atoms with van der Waals surface area (Å²) in [6.07, 6.45) is 5.20. The first kappa shape index (κ1) is 14.8. The zero-order chi connectivity index (χ0) is 13.8. The second-order valence-electron chi connectivity index (χ2n) is 6.30. The van der Waals surface area contributed by atoms with E-state index in [1.807, 2.05) is 0 Å². The number of nitrogens with two attached hydrogens (primary N) is 1. The van der Waals surface area contributed by atoms with Crippen molar-refractivity contribution in [2.75, 3.05) is 26.2 Å². The summed E-state index contributed by atoms with van der Waals surface area (Å²) in [6, 6.07) is 0.877. The monoisotopic (exact) mass is 267 g/mol. The molecule has 0 aromatic heterocycles. The van der Waals surface area contributed by atoms with E-state index in [2.05, 4.69) is 23.6 Å². The van der Waals surface area contributed by atoms with Crippen molar-refractivity contribution in [2.24, 2.45) is 11.7 Å². The highest BCUT2D eigenvalue weighted by Crippen LogP contribution is 2.26. The predicted octanol–water partition coefficient (Wildman–Crippen LogP) is 1.45. The molecule has 1 amide bonds. The van der Waals surface area contributed by atoms with Gasteiger partial charge in [-0.05, 0) is 45.1 Å². The van der Waals surface area contributed by atoms with Gasteiger partial charge in [-0.3, -0.25) is 9.69 Å². The van der Waals surface area contributed by atoms with Crippen molar-refractivity contribution in [3.63, 3.8) is 0 Å². The average Bonchev–Trinajstić information content (AvgIpc) is 2.41. The number of nitrogens with zero attached hydrogens (tertiary/aromatic N) is 2. The number of hydrogen-bond donors (Lipinski definition) is 1. The van der Waals surface area contributed by atoms with Crippen LogP contribution in [-0.2, 0) is 4.79 Å². The SMILES string of the molecule is CCN1CCN(C(=O)CC2CCC(N)CC2)CC1C. The Morgan fingerprint density at radius 1 is 1.21 bits per heavy atom. The van der Waals surface area contributed by atoms with Crippen LogP contribution in [0.1, 0.15) is 46.0 Å². The molecule has 0 bridgehead atoms. The lowest BCUT2D eigenvalue weighted by Crippen LogP contribution is -2.53. The normalized spacial score (nSPS) is 33.4. The standard InChI is InChI=1S/C15H29N3O/c1-3-17-8-9-18(11-12(17)2)15(19)10-13-4-6-14(16)7-5-13/h12-14H,3-11,16H2,1-2H3. The van der Waals surface area contributed by atoms with Gasteiger partial charge in [0.15, 0.2) is 0 Å². The molecule has 1 saturated carbocycles. The quantitative estimate of drug-likeness (QED) is 0.842. The number of rotatable bonds is 3. The van der Waals surface area contributed by atoms with Crippen LogP contribution in [-0.4, -0.2) is 54.0 Å². The Kier molecular flexibility index (Phi) is 5.22. The number of piperazine rings is 1. The molecule has 1 atom stereocenters. The minimum absolute atomic E-state index is 0.364. The van der Waals surface area contributed by atoms with Crippen LogP contribution in [0.15, 0.2) is 0 Å². The van der Waals surface area contributed by atoms with Gasteiger partial charge in [0, 0.05) is 38.1 Å². The molecular weight excluding hydrogens is 238 g/mol. The first-order valence-corrected chi connectivity index (χ1v) is 7.87. The summed E-state index contributed by atoms with van der Waals surface area (Å²) in [5, 5.41) is 0. The Morgan fingerprint density at radius 3 is 2.47 bits per heavy atom. The van der Waals surface area contributed by atoms with Gasteiger partial charge in [0.1, 0.15) is 0 Å². The summed E-state index contributed by atoms with van der Waals surface area (Å²) in [5.41, 5.74) is 5.92. The first-order chi connectivity index (χ1) is 9.10. The molecular formula is C15H29N3O. The van der Waals surface area contributed by atoms with Gasteiger partial charge in [-0.15, -0.1) is 0 Å². The van der Waals surface area contributed by atoms with E-state index in [0.29, 0.717) is 23.9 Å². The molecule has 1 aliphatic carbocycles. The lowest BCUT2D eigenvalue weighted by atomic mass is 9.84. The maximum Gasteiger partial charge on any atom is 0.222 e. The molecule has 4 heteroatoms. The average molecular weight is 267 g/mol. The van der Waals surface area contributed by atoms with E-state index in [0.717, 1.165) is 58.3 Å². The Balaban J connectivity index is 1.77. The molecule has 110 valence electrons. The number of carbonyl (C=O) groups is 1. The molecule has 4 nitrogen and oxygen atoms in total. The molecule has 1 unspecified atom stereocenters. The highest BCUT2D eigenvalue weighted by Gasteiger charge is 2.28. The van der Waals surface area contributed by atoms with E-state index in [1.54, 1.807) is 0 Å². The van der Waals surface area contributed by atoms with E-state index < -0.39 is 0 Å². The summed E-state index contributed by atoms with van der Waals surface area (Å²) in [7, 11) is 0. The molecule has 0 aromatic carbocycles. The van der Waals surface area contributed by atoms with Gasteiger partial charge in [0.25, 0.3) is 0 Å². The lowest BCUT2D eigenvalue weighted by molar-refractivity contribution is -0.135. The minimum Gasteiger partial charge on any atom is -0.340 e. The van der Waals surface area contributed by atoms with Gasteiger partial charge in [-0.25, -0.2) is 0 Å². The van der Waals surface area contributed by atoms with Crippen molar-refractivity contribution in [1.29, 1.82) is 0 Å². The maximum atomic E-state index is 12.4. The lowest BCUT2D eigenvalue weighted by Gasteiger charge is -2.40. The Bertz CT molecular complexity index is 300. The van der Waals surface area contributed by atoms with Gasteiger partial charge < -0.3 is 10.6 Å². The zero-order valence-electron chi connectivity index (χ0n) is 12.5. The van der Waals surface area contributed by atoms with Crippen molar-refractivity contribution >= 4 is 5.91 Å². The largest absolute Gasteiger partial charge is 0.340 e. The van der Waals surface area contributed by atoms with Crippen LogP contribution in [0.25, 0.3) is 0 Å². The van der Waals surface area contributed by atoms with Crippen LogP contribution in [0, 0.1) is 5.92 Å². The molecule has 1 saturated heterocycles. The fourth-order valence-electron chi connectivity index (χ4n) is 3.46. The van der Waals surface area contributed by atoms with Crippen molar-refractivity contribution in [2.45, 2.75) is 58.0 Å². The Hall–Kier alpha value is -0.610. The molecule has 2 fully saturated rings. The highest BCUT2D eigenvalue weighted by molar-refractivity contribution is 5.76. The molecule has 0 spiro atoms. The highest BCUT2D eigenvalue weighted by atomic mass is 16.2. The summed E-state index contributed by atoms with van der Waals surface area (Å²) >= 11 is 0. The summed E-state index contributed by atoms with van der Waals surface area (Å²) in [5.74, 6) is 0.940. The third-order valence-corrected chi connectivity index (χ3v) is 4.88. The van der Waals surface area contributed by atoms with E-state index in [4.69, 9.17) is 5.73 Å². The molecule has 19 heavy (non-hydrogen) atoms. The molecule has 1 aliphatic heterocycles. The molecule has 2 aliphatic rings. The number of carbonyl (C=O) groups excluding carboxylic acids is 1. The van der Waals surface area contributed by atoms with Crippen LogP contribution in [0.2, 0.25) is 0 Å². The molecule has 0 aromatic rings. The third kappa shape index (κ3) is 3.93. The van der Waals surface area contributed by atoms with E-state index in [1.165, 1.54) is 0 Å². The molecule has 2 N–H and O–H groups in total. The Morgan fingerprint density at radius 2 is 1.89 bits per heavy atom. The summed E-state index contributed by atoms with van der Waals surface area (Å²) < 4.78 is 0. The summed E-state index contributed by atoms with van der Waals surface area (Å²) in [4.78, 5) is 16.9. The molecule has 1 heterocycles. The van der Waals surface area contributed by atoms with E-state index in [-0.39, 0.29) is 0 Å². The number of likely N-dealkylation sites (N-methyl/N-ethyl adjacent to an activating group) is 1. The van der Waals surface area contributed by atoms with Gasteiger partial charge in [0.05, 0.1) is 0 Å². The fraction of sp³-hybridized carbons (Fsp3) is 0.933. The van der Waals surface area contributed by atoms with Gasteiger partial charge in [-0.2, -0.15) is 0 Å². The number of amides is 1. The second kappa shape index (κ2) is 6.71. The van der Waals surface area contributed by atoms with Crippen molar-refractivity contribution in [3.8, 4) is 0 Å². The van der Waals surface area contributed by atoms with Gasteiger partial charge in [0.2, 0.25) is 5.91 Å². The molecule has 0 radical (unpaired) electrons. The van der Waals surface area contributed by atoms with E-state index >= 15 is 0 Å². The van der Waals surface area contributed by atoms with Crippen LogP contribution in [0.4, 0.5) is 0 Å². The van der Waals surface area contributed by atoms with Crippen LogP contribution >= 0.6 is 0 Å². The molecule has 2 rings (SSSR count). The van der Waals surface area contributed by atoms with Crippen LogP contribution < -0.4 is 5.73 Å². The second-order valence-corrected chi connectivity index (χ2v) is 6.30. The van der Waals surface area contributed by atoms with Crippen molar-refractivity contribution in [1.82, 2.24) is 9.80 Å². The topological polar surface area (TPSA) is 49.6 Å². The smallest absolute Gasteiger partial charge is 0.222 e. The fourth-order valence-corrected chi connectivity index (χ4v) is 3.46. The first-order valence-electron chi connectivity index (χ1n) is 7.87. The van der Waals surface area contributed by atoms with Gasteiger partial charge in [-0.1, -0.05) is 6.92 Å². The van der Waals surface area contributed by atoms with Crippen molar-refractivity contribution < 1.29 is 4.79 Å².